The van der Waals surface area contributed by atoms with E-state index in [0.29, 0.717) is 17.4 Å². The molecule has 2 unspecified atom stereocenters. The minimum Gasteiger partial charge on any atom is -0.756 e. The molecular formula is C70H128NO8P. The van der Waals surface area contributed by atoms with Crippen LogP contribution in [-0.4, -0.2) is 70.0 Å². The molecular weight excluding hydrogens is 1010 g/mol. The quantitative estimate of drug-likeness (QED) is 0.0195. The molecule has 0 amide bonds. The Hall–Kier alpha value is -2.55. The van der Waals surface area contributed by atoms with Crippen LogP contribution in [0.25, 0.3) is 0 Å². The number of ether oxygens (including phenoxy) is 2. The molecule has 2 atom stereocenters. The molecule has 10 heteroatoms. The van der Waals surface area contributed by atoms with Gasteiger partial charge in [0.05, 0.1) is 27.7 Å². The topological polar surface area (TPSA) is 111 Å². The first-order valence-corrected chi connectivity index (χ1v) is 35.1. The Morgan fingerprint density at radius 2 is 0.713 bits per heavy atom. The van der Waals surface area contributed by atoms with Gasteiger partial charge in [-0.2, -0.15) is 0 Å². The largest absolute Gasteiger partial charge is 0.756 e. The number of quaternary nitrogens is 1. The van der Waals surface area contributed by atoms with E-state index in [1.54, 1.807) is 0 Å². The molecule has 9 nitrogen and oxygen atoms in total. The fourth-order valence-electron chi connectivity index (χ4n) is 9.60. The molecule has 0 saturated heterocycles. The van der Waals surface area contributed by atoms with Gasteiger partial charge in [-0.25, -0.2) is 0 Å². The van der Waals surface area contributed by atoms with Crippen LogP contribution >= 0.6 is 7.82 Å². The van der Waals surface area contributed by atoms with Crippen LogP contribution in [-0.2, 0) is 32.7 Å². The van der Waals surface area contributed by atoms with Gasteiger partial charge in [-0.3, -0.25) is 14.2 Å². The van der Waals surface area contributed by atoms with Crippen molar-refractivity contribution in [1.29, 1.82) is 0 Å². The summed E-state index contributed by atoms with van der Waals surface area (Å²) in [5.41, 5.74) is 0. The van der Waals surface area contributed by atoms with Gasteiger partial charge in [0, 0.05) is 12.8 Å². The van der Waals surface area contributed by atoms with Crippen LogP contribution in [0.1, 0.15) is 309 Å². The highest BCUT2D eigenvalue weighted by Gasteiger charge is 2.22. The number of allylic oxidation sites excluding steroid dienone is 12. The second kappa shape index (κ2) is 61.0. The lowest BCUT2D eigenvalue weighted by Gasteiger charge is -2.28. The zero-order valence-corrected chi connectivity index (χ0v) is 53.9. The van der Waals surface area contributed by atoms with E-state index < -0.39 is 26.5 Å². The predicted molar refractivity (Wildman–Crippen MR) is 342 cm³/mol. The smallest absolute Gasteiger partial charge is 0.306 e. The molecule has 0 radical (unpaired) electrons. The minimum absolute atomic E-state index is 0.0295. The second-order valence-corrected chi connectivity index (χ2v) is 25.2. The molecule has 0 aromatic carbocycles. The highest BCUT2D eigenvalue weighted by atomic mass is 31.2. The highest BCUT2D eigenvalue weighted by Crippen LogP contribution is 2.38. The van der Waals surface area contributed by atoms with E-state index in [9.17, 15) is 19.0 Å². The summed E-state index contributed by atoms with van der Waals surface area (Å²) in [4.78, 5) is 38.0. The predicted octanol–water partition coefficient (Wildman–Crippen LogP) is 21.0. The molecule has 0 rings (SSSR count). The van der Waals surface area contributed by atoms with Gasteiger partial charge in [0.15, 0.2) is 6.10 Å². The van der Waals surface area contributed by atoms with Crippen LogP contribution in [0.2, 0.25) is 0 Å². The first-order chi connectivity index (χ1) is 39.0. The summed E-state index contributed by atoms with van der Waals surface area (Å²) in [5, 5.41) is 0. The third-order valence-corrected chi connectivity index (χ3v) is 15.7. The Kier molecular flexibility index (Phi) is 59.1. The van der Waals surface area contributed by atoms with Crippen molar-refractivity contribution in [1.82, 2.24) is 0 Å². The molecule has 0 aliphatic heterocycles. The second-order valence-electron chi connectivity index (χ2n) is 23.8. The van der Waals surface area contributed by atoms with E-state index in [2.05, 4.69) is 86.8 Å². The van der Waals surface area contributed by atoms with Crippen molar-refractivity contribution in [2.45, 2.75) is 315 Å². The van der Waals surface area contributed by atoms with Gasteiger partial charge in [-0.15, -0.1) is 0 Å². The fraction of sp³-hybridized carbons (Fsp3) is 0.800. The first-order valence-electron chi connectivity index (χ1n) is 33.6. The number of phosphoric ester groups is 1. The molecule has 0 aliphatic carbocycles. The molecule has 0 saturated carbocycles. The maximum Gasteiger partial charge on any atom is 0.306 e. The van der Waals surface area contributed by atoms with Crippen molar-refractivity contribution in [3.63, 3.8) is 0 Å². The number of hydrogen-bond donors (Lipinski definition) is 0. The lowest BCUT2D eigenvalue weighted by molar-refractivity contribution is -0.870. The molecule has 80 heavy (non-hydrogen) atoms. The Labute approximate surface area is 495 Å². The molecule has 0 fully saturated rings. The summed E-state index contributed by atoms with van der Waals surface area (Å²) in [7, 11) is 1.18. The standard InChI is InChI=1S/C70H128NO8P/c1-6-8-10-12-14-16-18-20-22-24-26-27-28-29-30-31-32-33-34-35-36-37-38-39-40-41-42-43-45-47-49-51-53-55-57-59-61-63-70(73)79-68(67-78-80(74,75)77-65-64-71(3,4)5)66-76-69(72)62-60-58-56-54-52-50-48-46-44-25-23-21-19-17-15-13-11-9-7-2/h8,10,14,16,20,22,26-27,29-30,32-33,68H,6-7,9,11-13,15,17-19,21,23-25,28,31,34-67H2,1-5H3/b10-8-,16-14-,22-20-,27-26-,30-29-,33-32-. The van der Waals surface area contributed by atoms with Crippen LogP contribution in [0.3, 0.4) is 0 Å². The number of esters is 2. The van der Waals surface area contributed by atoms with Gasteiger partial charge in [0.1, 0.15) is 19.8 Å². The number of carbonyl (C=O) groups excluding carboxylic acids is 2. The normalized spacial score (nSPS) is 13.6. The number of hydrogen-bond acceptors (Lipinski definition) is 8. The van der Waals surface area contributed by atoms with Crippen LogP contribution in [0, 0.1) is 0 Å². The van der Waals surface area contributed by atoms with Crippen LogP contribution in [0.5, 0.6) is 0 Å². The van der Waals surface area contributed by atoms with E-state index in [-0.39, 0.29) is 32.0 Å². The third kappa shape index (κ3) is 64.6. The van der Waals surface area contributed by atoms with Crippen molar-refractivity contribution in [3.8, 4) is 0 Å². The summed E-state index contributed by atoms with van der Waals surface area (Å²) >= 11 is 0. The first kappa shape index (κ1) is 77.5. The maximum atomic E-state index is 12.8. The van der Waals surface area contributed by atoms with Crippen molar-refractivity contribution < 1.29 is 42.1 Å². The molecule has 0 N–H and O–H groups in total. The number of nitrogens with zero attached hydrogens (tertiary/aromatic N) is 1. The summed E-state index contributed by atoms with van der Waals surface area (Å²) in [6, 6.07) is 0. The summed E-state index contributed by atoms with van der Waals surface area (Å²) in [6.07, 6.45) is 81.2. The van der Waals surface area contributed by atoms with E-state index >= 15 is 0 Å². The lowest BCUT2D eigenvalue weighted by atomic mass is 10.0. The Bertz CT molecular complexity index is 1580. The van der Waals surface area contributed by atoms with Gasteiger partial charge in [-0.05, 0) is 64.2 Å². The van der Waals surface area contributed by atoms with Crippen molar-refractivity contribution in [3.05, 3.63) is 72.9 Å². The van der Waals surface area contributed by atoms with Gasteiger partial charge in [0.25, 0.3) is 7.82 Å². The summed E-state index contributed by atoms with van der Waals surface area (Å²) in [6.45, 7) is 4.17. The lowest BCUT2D eigenvalue weighted by Crippen LogP contribution is -2.37. The average molecular weight is 1140 g/mol. The summed E-state index contributed by atoms with van der Waals surface area (Å²) < 4.78 is 34.3. The zero-order valence-electron chi connectivity index (χ0n) is 53.0. The van der Waals surface area contributed by atoms with Crippen LogP contribution in [0.15, 0.2) is 72.9 Å². The van der Waals surface area contributed by atoms with Gasteiger partial charge < -0.3 is 27.9 Å². The van der Waals surface area contributed by atoms with Crippen molar-refractivity contribution in [2.24, 2.45) is 0 Å². The van der Waals surface area contributed by atoms with Crippen molar-refractivity contribution in [2.75, 3.05) is 47.5 Å². The average Bonchev–Trinajstić information content (AvgIpc) is 3.42. The van der Waals surface area contributed by atoms with E-state index in [1.807, 2.05) is 21.1 Å². The molecule has 0 aromatic rings. The van der Waals surface area contributed by atoms with Gasteiger partial charge >= 0.3 is 11.9 Å². The minimum atomic E-state index is -4.64. The number of phosphoric acid groups is 1. The van der Waals surface area contributed by atoms with E-state index in [4.69, 9.17) is 18.5 Å². The zero-order chi connectivity index (χ0) is 58.4. The highest BCUT2D eigenvalue weighted by molar-refractivity contribution is 7.45. The monoisotopic (exact) mass is 1140 g/mol. The Morgan fingerprint density at radius 3 is 1.06 bits per heavy atom. The summed E-state index contributed by atoms with van der Waals surface area (Å²) in [5.74, 6) is -0.817. The Balaban J connectivity index is 3.99. The number of carbonyl (C=O) groups is 2. The molecule has 0 spiro atoms. The van der Waals surface area contributed by atoms with E-state index in [1.165, 1.54) is 199 Å². The fourth-order valence-corrected chi connectivity index (χ4v) is 10.3. The third-order valence-electron chi connectivity index (χ3n) is 14.7. The van der Waals surface area contributed by atoms with Crippen molar-refractivity contribution >= 4 is 19.8 Å². The molecule has 0 bridgehead atoms. The molecule has 0 heterocycles. The van der Waals surface area contributed by atoms with Crippen LogP contribution < -0.4 is 4.89 Å². The SMILES string of the molecule is CC/C=C\C/C=C\C/C=C\C/C=C\C/C=C\C/C=C\CCCCCCCCCCCCCCCCCCCCC(=O)OC(COC(=O)CCCCCCCCCCCCCCCCCCCCC)COP(=O)([O-])OCC[N+](C)(C)C. The number of likely N-dealkylation sites (N-methyl/N-ethyl adjacent to an activating group) is 1. The van der Waals surface area contributed by atoms with Crippen LogP contribution in [0.4, 0.5) is 0 Å². The number of rotatable bonds is 62. The number of unbranched alkanes of at least 4 members (excludes halogenated alkanes) is 36. The van der Waals surface area contributed by atoms with Gasteiger partial charge in [-0.1, -0.05) is 305 Å². The van der Waals surface area contributed by atoms with E-state index in [0.717, 1.165) is 77.0 Å². The molecule has 466 valence electrons. The molecule has 0 aliphatic rings. The maximum absolute atomic E-state index is 12.8. The van der Waals surface area contributed by atoms with Gasteiger partial charge in [0.2, 0.25) is 0 Å². The Morgan fingerprint density at radius 1 is 0.400 bits per heavy atom. The molecule has 0 aromatic heterocycles.